The largest absolute Gasteiger partial charge is 0.273 e. The van der Waals surface area contributed by atoms with Crippen molar-refractivity contribution in [3.63, 3.8) is 0 Å². The minimum Gasteiger partial charge on any atom is -0.273 e. The number of benzene rings is 2. The Labute approximate surface area is 191 Å². The molecule has 2 heterocycles. The van der Waals surface area contributed by atoms with Crippen LogP contribution in [0.4, 0.5) is 8.78 Å². The highest BCUT2D eigenvalue weighted by molar-refractivity contribution is 5.83. The molecular formula is C25H25F2N5O. The molecule has 6 nitrogen and oxygen atoms in total. The molecule has 4 rings (SSSR count). The average molecular weight is 450 g/mol. The molecule has 1 atom stereocenters. The number of hydrazone groups is 1. The van der Waals surface area contributed by atoms with Crippen LogP contribution in [0.2, 0.25) is 0 Å². The molecule has 2 aromatic carbocycles. The minimum absolute atomic E-state index is 0.161. The molecule has 0 fully saturated rings. The number of hydrogen-bond acceptors (Lipinski definition) is 4. The van der Waals surface area contributed by atoms with Crippen molar-refractivity contribution in [1.82, 2.24) is 14.8 Å². The van der Waals surface area contributed by atoms with Crippen molar-refractivity contribution in [2.24, 2.45) is 5.10 Å². The van der Waals surface area contributed by atoms with Crippen molar-refractivity contribution in [1.29, 1.82) is 5.26 Å². The summed E-state index contributed by atoms with van der Waals surface area (Å²) < 4.78 is 28.8. The Kier molecular flexibility index (Phi) is 7.67. The summed E-state index contributed by atoms with van der Waals surface area (Å²) in [6.07, 6.45) is 4.38. The monoisotopic (exact) mass is 449 g/mol. The van der Waals surface area contributed by atoms with E-state index in [-0.39, 0.29) is 12.3 Å². The van der Waals surface area contributed by atoms with E-state index in [9.17, 15) is 18.8 Å². The standard InChI is InChI=1S/C23H19F2N5O.C2H6/c1-15(13-29-14-17-4-2-3-16(12-26)23(17)28-29)5-6-22(31)30-21(7-8-27-30)18-9-19(24)11-20(25)10-18;1-2/h2-4,8-11,14,21H,1,5-7,13H2;1-2H3. The number of fused-ring (bicyclic) bond motifs is 1. The molecule has 1 aliphatic rings. The number of rotatable bonds is 6. The van der Waals surface area contributed by atoms with Gasteiger partial charge in [-0.3, -0.25) is 9.48 Å². The first kappa shape index (κ1) is 23.8. The third kappa shape index (κ3) is 5.50. The summed E-state index contributed by atoms with van der Waals surface area (Å²) in [7, 11) is 0. The van der Waals surface area contributed by atoms with Gasteiger partial charge in [-0.25, -0.2) is 13.8 Å². The van der Waals surface area contributed by atoms with Gasteiger partial charge >= 0.3 is 0 Å². The first-order chi connectivity index (χ1) is 15.9. The summed E-state index contributed by atoms with van der Waals surface area (Å²) >= 11 is 0. The van der Waals surface area contributed by atoms with Crippen LogP contribution in [0.5, 0.6) is 0 Å². The fraction of sp³-hybridized carbons (Fsp3) is 0.280. The number of nitrogens with zero attached hydrogens (tertiary/aromatic N) is 5. The van der Waals surface area contributed by atoms with E-state index >= 15 is 0 Å². The van der Waals surface area contributed by atoms with Crippen molar-refractivity contribution in [2.75, 3.05) is 0 Å². The molecule has 0 aliphatic carbocycles. The molecule has 1 unspecified atom stereocenters. The lowest BCUT2D eigenvalue weighted by atomic mass is 10.0. The van der Waals surface area contributed by atoms with Crippen LogP contribution in [0.3, 0.4) is 0 Å². The van der Waals surface area contributed by atoms with Gasteiger partial charge in [-0.1, -0.05) is 38.1 Å². The van der Waals surface area contributed by atoms with Gasteiger partial charge in [-0.15, -0.1) is 0 Å². The lowest BCUT2D eigenvalue weighted by Gasteiger charge is -2.22. The Hall–Kier alpha value is -3.86. The van der Waals surface area contributed by atoms with Crippen LogP contribution in [0.25, 0.3) is 10.9 Å². The highest BCUT2D eigenvalue weighted by Crippen LogP contribution is 2.30. The Balaban J connectivity index is 0.00000149. The van der Waals surface area contributed by atoms with E-state index in [2.05, 4.69) is 22.8 Å². The highest BCUT2D eigenvalue weighted by atomic mass is 19.1. The van der Waals surface area contributed by atoms with E-state index in [1.54, 1.807) is 23.0 Å². The molecule has 1 aromatic heterocycles. The summed E-state index contributed by atoms with van der Waals surface area (Å²) in [5.41, 5.74) is 2.30. The maximum Gasteiger partial charge on any atom is 0.243 e. The topological polar surface area (TPSA) is 74.3 Å². The second-order valence-corrected chi connectivity index (χ2v) is 7.42. The second-order valence-electron chi connectivity index (χ2n) is 7.42. The molecule has 0 spiro atoms. The number of allylic oxidation sites excluding steroid dienone is 1. The van der Waals surface area contributed by atoms with E-state index in [1.165, 1.54) is 17.1 Å². The summed E-state index contributed by atoms with van der Waals surface area (Å²) in [4.78, 5) is 12.7. The van der Waals surface area contributed by atoms with E-state index in [4.69, 9.17) is 0 Å². The SMILES string of the molecule is C=C(CCC(=O)N1N=CCC1c1cc(F)cc(F)c1)Cn1cc2cccc(C#N)c2n1.CC. The number of aromatic nitrogens is 2. The van der Waals surface area contributed by atoms with Crippen LogP contribution in [0.1, 0.15) is 50.3 Å². The first-order valence-corrected chi connectivity index (χ1v) is 10.8. The van der Waals surface area contributed by atoms with Crippen molar-refractivity contribution in [2.45, 2.75) is 45.7 Å². The maximum atomic E-state index is 13.6. The Morgan fingerprint density at radius 1 is 1.21 bits per heavy atom. The molecule has 0 radical (unpaired) electrons. The normalized spacial score (nSPS) is 14.6. The third-order valence-electron chi connectivity index (χ3n) is 5.14. The van der Waals surface area contributed by atoms with Crippen LogP contribution in [0, 0.1) is 23.0 Å². The number of carbonyl (C=O) groups excluding carboxylic acids is 1. The van der Waals surface area contributed by atoms with Crippen molar-refractivity contribution < 1.29 is 13.6 Å². The highest BCUT2D eigenvalue weighted by Gasteiger charge is 2.28. The van der Waals surface area contributed by atoms with E-state index in [0.29, 0.717) is 36.0 Å². The summed E-state index contributed by atoms with van der Waals surface area (Å²) in [6.45, 7) is 8.44. The van der Waals surface area contributed by atoms with Gasteiger partial charge in [0.05, 0.1) is 18.2 Å². The second kappa shape index (κ2) is 10.6. The third-order valence-corrected chi connectivity index (χ3v) is 5.14. The average Bonchev–Trinajstić information content (AvgIpc) is 3.45. The van der Waals surface area contributed by atoms with Crippen LogP contribution < -0.4 is 0 Å². The molecule has 0 saturated heterocycles. The van der Waals surface area contributed by atoms with Crippen molar-refractivity contribution in [3.05, 3.63) is 77.5 Å². The number of halogens is 2. The van der Waals surface area contributed by atoms with Crippen molar-refractivity contribution >= 4 is 23.0 Å². The van der Waals surface area contributed by atoms with Gasteiger partial charge in [0.15, 0.2) is 0 Å². The Morgan fingerprint density at radius 3 is 2.64 bits per heavy atom. The maximum absolute atomic E-state index is 13.6. The molecular weight excluding hydrogens is 424 g/mol. The number of hydrogen-bond donors (Lipinski definition) is 0. The Morgan fingerprint density at radius 2 is 1.94 bits per heavy atom. The minimum atomic E-state index is -0.686. The summed E-state index contributed by atoms with van der Waals surface area (Å²) in [5.74, 6) is -1.62. The molecule has 1 aliphatic heterocycles. The van der Waals surface area contributed by atoms with Gasteiger partial charge in [0.2, 0.25) is 5.91 Å². The molecule has 33 heavy (non-hydrogen) atoms. The molecule has 170 valence electrons. The van der Waals surface area contributed by atoms with Gasteiger partial charge in [0, 0.05) is 36.7 Å². The molecule has 8 heteroatoms. The molecule has 0 N–H and O–H groups in total. The number of amides is 1. The van der Waals surface area contributed by atoms with E-state index in [0.717, 1.165) is 17.0 Å². The molecule has 0 saturated carbocycles. The molecule has 1 amide bonds. The zero-order valence-corrected chi connectivity index (χ0v) is 18.6. The van der Waals surface area contributed by atoms with Crippen LogP contribution in [-0.2, 0) is 11.3 Å². The summed E-state index contributed by atoms with van der Waals surface area (Å²) in [5, 5.41) is 19.9. The zero-order chi connectivity index (χ0) is 24.0. The van der Waals surface area contributed by atoms with Gasteiger partial charge in [0.1, 0.15) is 23.2 Å². The molecule has 3 aromatic rings. The van der Waals surface area contributed by atoms with Crippen LogP contribution in [-0.4, -0.2) is 26.9 Å². The van der Waals surface area contributed by atoms with Crippen molar-refractivity contribution in [3.8, 4) is 6.07 Å². The smallest absolute Gasteiger partial charge is 0.243 e. The summed E-state index contributed by atoms with van der Waals surface area (Å²) in [6, 6.07) is 10.2. The Bertz CT molecular complexity index is 1220. The molecule has 0 bridgehead atoms. The number of carbonyl (C=O) groups is 1. The van der Waals surface area contributed by atoms with Crippen LogP contribution in [0.15, 0.2) is 59.8 Å². The van der Waals surface area contributed by atoms with Gasteiger partial charge in [0.25, 0.3) is 0 Å². The predicted molar refractivity (Wildman–Crippen MR) is 123 cm³/mol. The van der Waals surface area contributed by atoms with Gasteiger partial charge in [-0.2, -0.15) is 15.5 Å². The van der Waals surface area contributed by atoms with E-state index < -0.39 is 17.7 Å². The lowest BCUT2D eigenvalue weighted by molar-refractivity contribution is -0.133. The van der Waals surface area contributed by atoms with Crippen LogP contribution >= 0.6 is 0 Å². The zero-order valence-electron chi connectivity index (χ0n) is 18.6. The van der Waals surface area contributed by atoms with E-state index in [1.807, 2.05) is 26.1 Å². The predicted octanol–water partition coefficient (Wildman–Crippen LogP) is 5.51. The quantitative estimate of drug-likeness (QED) is 0.466. The number of nitriles is 1. The fourth-order valence-corrected chi connectivity index (χ4v) is 3.67. The van der Waals surface area contributed by atoms with Gasteiger partial charge < -0.3 is 0 Å². The lowest BCUT2D eigenvalue weighted by Crippen LogP contribution is -2.27. The fourth-order valence-electron chi connectivity index (χ4n) is 3.67. The first-order valence-electron chi connectivity index (χ1n) is 10.8. The van der Waals surface area contributed by atoms with Gasteiger partial charge in [-0.05, 0) is 30.2 Å².